The van der Waals surface area contributed by atoms with E-state index in [2.05, 4.69) is 25.7 Å². The lowest BCUT2D eigenvalue weighted by Crippen LogP contribution is -2.47. The number of carbonyl (C=O) groups excluding carboxylic acids is 2. The molecule has 5 rings (SSSR count). The van der Waals surface area contributed by atoms with E-state index in [1.807, 2.05) is 35.2 Å². The van der Waals surface area contributed by atoms with Gasteiger partial charge in [0.1, 0.15) is 11.9 Å². The Morgan fingerprint density at radius 1 is 1.09 bits per heavy atom. The highest BCUT2D eigenvalue weighted by Crippen LogP contribution is 2.29. The fourth-order valence-corrected chi connectivity index (χ4v) is 4.28. The van der Waals surface area contributed by atoms with Gasteiger partial charge in [0.05, 0.1) is 30.2 Å². The Labute approximate surface area is 201 Å². The van der Waals surface area contributed by atoms with Crippen molar-refractivity contribution in [2.24, 2.45) is 0 Å². The van der Waals surface area contributed by atoms with Crippen LogP contribution >= 0.6 is 0 Å². The van der Waals surface area contributed by atoms with Gasteiger partial charge < -0.3 is 19.9 Å². The third-order valence-electron chi connectivity index (χ3n) is 6.05. The molecule has 0 bridgehead atoms. The Bertz CT molecular complexity index is 1210. The van der Waals surface area contributed by atoms with Gasteiger partial charge in [0, 0.05) is 33.1 Å². The molecule has 0 saturated carbocycles. The first-order valence-electron chi connectivity index (χ1n) is 11.4. The maximum atomic E-state index is 15.1. The van der Waals surface area contributed by atoms with E-state index in [9.17, 15) is 9.59 Å². The summed E-state index contributed by atoms with van der Waals surface area (Å²) in [6.07, 6.45) is -1.04. The summed E-state index contributed by atoms with van der Waals surface area (Å²) in [4.78, 5) is 28.8. The van der Waals surface area contributed by atoms with E-state index < -0.39 is 18.0 Å². The number of para-hydroxylation sites is 1. The molecule has 1 N–H and O–H groups in total. The SMILES string of the molecule is CC(=O)NC[C@H]1CN(c2ccc(N3CCN(c4nnnn4-c4ccccc4)CC3)c(F)c2)C(=O)O1. The lowest BCUT2D eigenvalue weighted by molar-refractivity contribution is -0.119. The summed E-state index contributed by atoms with van der Waals surface area (Å²) >= 11 is 0. The maximum absolute atomic E-state index is 15.1. The summed E-state index contributed by atoms with van der Waals surface area (Å²) in [7, 11) is 0. The monoisotopic (exact) mass is 480 g/mol. The van der Waals surface area contributed by atoms with Crippen molar-refractivity contribution >= 4 is 29.3 Å². The highest BCUT2D eigenvalue weighted by molar-refractivity contribution is 5.90. The van der Waals surface area contributed by atoms with E-state index in [1.165, 1.54) is 17.9 Å². The maximum Gasteiger partial charge on any atom is 0.414 e. The molecule has 1 atom stereocenters. The van der Waals surface area contributed by atoms with Gasteiger partial charge in [-0.2, -0.15) is 4.68 Å². The van der Waals surface area contributed by atoms with Gasteiger partial charge in [-0.25, -0.2) is 9.18 Å². The van der Waals surface area contributed by atoms with Crippen LogP contribution in [0, 0.1) is 5.82 Å². The second kappa shape index (κ2) is 9.57. The van der Waals surface area contributed by atoms with Crippen LogP contribution in [-0.2, 0) is 9.53 Å². The zero-order valence-electron chi connectivity index (χ0n) is 19.2. The van der Waals surface area contributed by atoms with E-state index in [4.69, 9.17) is 4.74 Å². The van der Waals surface area contributed by atoms with E-state index >= 15 is 4.39 Å². The Morgan fingerprint density at radius 2 is 1.83 bits per heavy atom. The molecule has 0 aliphatic carbocycles. The number of ether oxygens (including phenoxy) is 1. The van der Waals surface area contributed by atoms with E-state index in [1.54, 1.807) is 16.8 Å². The van der Waals surface area contributed by atoms with Crippen molar-refractivity contribution in [1.29, 1.82) is 0 Å². The van der Waals surface area contributed by atoms with Gasteiger partial charge in [0.25, 0.3) is 0 Å². The number of nitrogens with one attached hydrogen (secondary N) is 1. The minimum absolute atomic E-state index is 0.202. The summed E-state index contributed by atoms with van der Waals surface area (Å²) in [5, 5.41) is 14.8. The number of tetrazole rings is 1. The first kappa shape index (κ1) is 22.6. The Hall–Kier alpha value is -4.22. The standard InChI is InChI=1S/C23H25FN8O3/c1-16(33)25-14-19-15-31(23(34)35-19)18-7-8-21(20(24)13-18)29-9-11-30(12-10-29)22-26-27-28-32(22)17-5-3-2-4-6-17/h2-8,13,19H,9-12,14-15H2,1H3,(H,25,33)/t19-/m0/s1. The molecule has 3 heterocycles. The molecule has 182 valence electrons. The third-order valence-corrected chi connectivity index (χ3v) is 6.05. The van der Waals surface area contributed by atoms with Crippen LogP contribution < -0.4 is 20.0 Å². The van der Waals surface area contributed by atoms with Gasteiger partial charge in [0.2, 0.25) is 11.9 Å². The predicted molar refractivity (Wildman–Crippen MR) is 126 cm³/mol. The smallest absolute Gasteiger partial charge is 0.414 e. The number of amides is 2. The van der Waals surface area contributed by atoms with E-state index in [-0.39, 0.29) is 19.0 Å². The highest BCUT2D eigenvalue weighted by atomic mass is 19.1. The van der Waals surface area contributed by atoms with Crippen LogP contribution in [0.2, 0.25) is 0 Å². The summed E-state index contributed by atoms with van der Waals surface area (Å²) in [6.45, 7) is 4.27. The molecule has 11 nitrogen and oxygen atoms in total. The number of aromatic nitrogens is 4. The van der Waals surface area contributed by atoms with Crippen LogP contribution in [0.4, 0.5) is 26.5 Å². The van der Waals surface area contributed by atoms with Gasteiger partial charge in [-0.05, 0) is 40.8 Å². The zero-order chi connectivity index (χ0) is 24.4. The third kappa shape index (κ3) is 4.72. The van der Waals surface area contributed by atoms with Gasteiger partial charge in [0.15, 0.2) is 0 Å². The second-order valence-corrected chi connectivity index (χ2v) is 8.39. The summed E-state index contributed by atoms with van der Waals surface area (Å²) in [5.41, 5.74) is 1.76. The molecule has 2 aliphatic heterocycles. The number of carbonyl (C=O) groups is 2. The average Bonchev–Trinajstić information content (AvgIpc) is 3.50. The quantitative estimate of drug-likeness (QED) is 0.567. The summed E-state index contributed by atoms with van der Waals surface area (Å²) < 4.78 is 22.1. The lowest BCUT2D eigenvalue weighted by Gasteiger charge is -2.36. The molecule has 2 saturated heterocycles. The van der Waals surface area contributed by atoms with Crippen molar-refractivity contribution in [1.82, 2.24) is 25.5 Å². The molecule has 2 amide bonds. The van der Waals surface area contributed by atoms with Crippen molar-refractivity contribution in [2.75, 3.05) is 54.0 Å². The van der Waals surface area contributed by atoms with Gasteiger partial charge >= 0.3 is 6.09 Å². The van der Waals surface area contributed by atoms with Gasteiger partial charge in [-0.3, -0.25) is 9.69 Å². The summed E-state index contributed by atoms with van der Waals surface area (Å²) in [6, 6.07) is 14.4. The van der Waals surface area contributed by atoms with Crippen LogP contribution in [-0.4, -0.2) is 77.6 Å². The van der Waals surface area contributed by atoms with Crippen molar-refractivity contribution in [3.8, 4) is 5.69 Å². The van der Waals surface area contributed by atoms with Crippen LogP contribution in [0.1, 0.15) is 6.92 Å². The van der Waals surface area contributed by atoms with Crippen LogP contribution in [0.3, 0.4) is 0 Å². The lowest BCUT2D eigenvalue weighted by atomic mass is 10.2. The first-order valence-corrected chi connectivity index (χ1v) is 11.4. The first-order chi connectivity index (χ1) is 17.0. The molecule has 3 aromatic rings. The van der Waals surface area contributed by atoms with Crippen molar-refractivity contribution in [3.63, 3.8) is 0 Å². The van der Waals surface area contributed by atoms with Crippen LogP contribution in [0.15, 0.2) is 48.5 Å². The average molecular weight is 481 g/mol. The Kier molecular flexibility index (Phi) is 6.17. The topological polar surface area (TPSA) is 109 Å². The fraction of sp³-hybridized carbons (Fsp3) is 0.348. The Morgan fingerprint density at radius 3 is 2.54 bits per heavy atom. The molecule has 2 aliphatic rings. The summed E-state index contributed by atoms with van der Waals surface area (Å²) in [5.74, 6) is 0.0303. The molecule has 0 unspecified atom stereocenters. The number of cyclic esters (lactones) is 1. The number of halogens is 1. The molecule has 35 heavy (non-hydrogen) atoms. The number of anilines is 3. The molecule has 0 radical (unpaired) electrons. The van der Waals surface area contributed by atoms with Crippen LogP contribution in [0.25, 0.3) is 5.69 Å². The number of hydrogen-bond donors (Lipinski definition) is 1. The van der Waals surface area contributed by atoms with Crippen molar-refractivity contribution < 1.29 is 18.7 Å². The van der Waals surface area contributed by atoms with Crippen molar-refractivity contribution in [2.45, 2.75) is 13.0 Å². The molecule has 12 heteroatoms. The molecular weight excluding hydrogens is 455 g/mol. The Balaban J connectivity index is 1.23. The number of nitrogens with zero attached hydrogens (tertiary/aromatic N) is 7. The van der Waals surface area contributed by atoms with Gasteiger partial charge in [-0.15, -0.1) is 0 Å². The van der Waals surface area contributed by atoms with Crippen LogP contribution in [0.5, 0.6) is 0 Å². The molecule has 2 fully saturated rings. The zero-order valence-corrected chi connectivity index (χ0v) is 19.2. The molecular formula is C23H25FN8O3. The number of piperazine rings is 1. The fourth-order valence-electron chi connectivity index (χ4n) is 4.28. The highest BCUT2D eigenvalue weighted by Gasteiger charge is 2.33. The predicted octanol–water partition coefficient (Wildman–Crippen LogP) is 1.59. The molecule has 1 aromatic heterocycles. The van der Waals surface area contributed by atoms with E-state index in [0.29, 0.717) is 43.5 Å². The minimum Gasteiger partial charge on any atom is -0.442 e. The number of rotatable bonds is 6. The number of benzene rings is 2. The molecule has 0 spiro atoms. The number of hydrogen-bond acceptors (Lipinski definition) is 8. The van der Waals surface area contributed by atoms with Gasteiger partial charge in [-0.1, -0.05) is 23.3 Å². The van der Waals surface area contributed by atoms with Crippen molar-refractivity contribution in [3.05, 3.63) is 54.3 Å². The molecule has 2 aromatic carbocycles. The normalized spacial score (nSPS) is 18.1. The second-order valence-electron chi connectivity index (χ2n) is 8.39. The van der Waals surface area contributed by atoms with E-state index in [0.717, 1.165) is 5.69 Å². The minimum atomic E-state index is -0.558. The largest absolute Gasteiger partial charge is 0.442 e.